The molecular weight excluding hydrogens is 246 g/mol. The number of thiazole rings is 1. The molecule has 1 aromatic rings. The van der Waals surface area contributed by atoms with Crippen molar-refractivity contribution in [3.8, 4) is 0 Å². The smallest absolute Gasteiger partial charge is 0.0934 e. The molecule has 0 aromatic carbocycles. The fourth-order valence-electron chi connectivity index (χ4n) is 1.66. The van der Waals surface area contributed by atoms with Gasteiger partial charge in [0.05, 0.1) is 5.01 Å². The lowest BCUT2D eigenvalue weighted by molar-refractivity contribution is 0.507. The Kier molecular flexibility index (Phi) is 2.49. The van der Waals surface area contributed by atoms with Gasteiger partial charge in [0, 0.05) is 22.3 Å². The molecule has 0 amide bonds. The number of aryl methyl sites for hydroxylation is 1. The Morgan fingerprint density at radius 2 is 2.38 bits per heavy atom. The van der Waals surface area contributed by atoms with Gasteiger partial charge in [-0.05, 0) is 25.2 Å². The quantitative estimate of drug-likeness (QED) is 0.757. The van der Waals surface area contributed by atoms with Gasteiger partial charge in [0.25, 0.3) is 0 Å². The van der Waals surface area contributed by atoms with Crippen LogP contribution in [0, 0.1) is 12.3 Å². The summed E-state index contributed by atoms with van der Waals surface area (Å²) in [5.74, 6) is 0. The van der Waals surface area contributed by atoms with E-state index in [-0.39, 0.29) is 0 Å². The van der Waals surface area contributed by atoms with Gasteiger partial charge in [0.1, 0.15) is 0 Å². The highest BCUT2D eigenvalue weighted by Gasteiger charge is 2.46. The molecule has 0 saturated heterocycles. The van der Waals surface area contributed by atoms with Crippen LogP contribution in [-0.4, -0.2) is 9.81 Å². The molecule has 0 bridgehead atoms. The number of rotatable bonds is 3. The summed E-state index contributed by atoms with van der Waals surface area (Å²) in [4.78, 5) is 5.14. The van der Waals surface area contributed by atoms with Crippen LogP contribution >= 0.6 is 27.3 Å². The van der Waals surface area contributed by atoms with Gasteiger partial charge in [-0.25, -0.2) is 4.98 Å². The predicted molar refractivity (Wildman–Crippen MR) is 60.6 cm³/mol. The summed E-state index contributed by atoms with van der Waals surface area (Å²) in [6, 6.07) is 0. The van der Waals surface area contributed by atoms with Crippen molar-refractivity contribution in [1.29, 1.82) is 0 Å². The largest absolute Gasteiger partial charge is 0.247 e. The van der Waals surface area contributed by atoms with Crippen molar-refractivity contribution in [2.24, 2.45) is 5.41 Å². The molecule has 1 nitrogen and oxygen atoms in total. The van der Waals surface area contributed by atoms with Crippen molar-refractivity contribution in [2.75, 3.05) is 0 Å². The van der Waals surface area contributed by atoms with Crippen molar-refractivity contribution in [3.05, 3.63) is 16.1 Å². The first-order chi connectivity index (χ1) is 6.12. The first kappa shape index (κ1) is 9.66. The summed E-state index contributed by atoms with van der Waals surface area (Å²) in [5.41, 5.74) is 1.70. The number of nitrogens with zero attached hydrogens (tertiary/aromatic N) is 1. The number of hydrogen-bond acceptors (Lipinski definition) is 2. The highest BCUT2D eigenvalue weighted by Crippen LogP contribution is 2.53. The maximum absolute atomic E-state index is 4.52. The minimum Gasteiger partial charge on any atom is -0.247 e. The second-order valence-electron chi connectivity index (χ2n) is 4.04. The second kappa shape index (κ2) is 3.35. The van der Waals surface area contributed by atoms with Gasteiger partial charge in [0.2, 0.25) is 0 Å². The van der Waals surface area contributed by atoms with Crippen LogP contribution in [0.15, 0.2) is 5.38 Å². The van der Waals surface area contributed by atoms with Gasteiger partial charge in [-0.3, -0.25) is 0 Å². The van der Waals surface area contributed by atoms with Crippen LogP contribution in [0.5, 0.6) is 0 Å². The molecule has 1 saturated carbocycles. The third-order valence-corrected chi connectivity index (χ3v) is 4.84. The molecule has 1 aromatic heterocycles. The molecule has 1 aliphatic carbocycles. The van der Waals surface area contributed by atoms with Crippen LogP contribution in [0.2, 0.25) is 0 Å². The molecule has 1 heterocycles. The maximum atomic E-state index is 4.52. The highest BCUT2D eigenvalue weighted by atomic mass is 79.9. The molecule has 2 rings (SSSR count). The lowest BCUT2D eigenvalue weighted by atomic mass is 10.00. The summed E-state index contributed by atoms with van der Waals surface area (Å²) < 4.78 is 0. The van der Waals surface area contributed by atoms with Gasteiger partial charge in [-0.2, -0.15) is 0 Å². The van der Waals surface area contributed by atoms with Gasteiger partial charge in [-0.15, -0.1) is 11.3 Å². The van der Waals surface area contributed by atoms with E-state index >= 15 is 0 Å². The van der Waals surface area contributed by atoms with E-state index in [0.29, 0.717) is 10.2 Å². The number of alkyl halides is 1. The minimum absolute atomic E-state index is 0.532. The second-order valence-corrected chi connectivity index (χ2v) is 6.35. The Morgan fingerprint density at radius 3 is 2.77 bits per heavy atom. The topological polar surface area (TPSA) is 12.9 Å². The lowest BCUT2D eigenvalue weighted by Crippen LogP contribution is -2.14. The Labute approximate surface area is 91.7 Å². The van der Waals surface area contributed by atoms with Crippen LogP contribution < -0.4 is 0 Å². The molecule has 72 valence electrons. The predicted octanol–water partition coefficient (Wildman–Crippen LogP) is 3.56. The molecule has 1 unspecified atom stereocenters. The average Bonchev–Trinajstić information content (AvgIpc) is 2.72. The molecule has 1 atom stereocenters. The molecule has 1 aliphatic rings. The zero-order valence-electron chi connectivity index (χ0n) is 8.01. The average molecular weight is 260 g/mol. The third-order valence-electron chi connectivity index (χ3n) is 2.91. The van der Waals surface area contributed by atoms with Crippen molar-refractivity contribution in [1.82, 2.24) is 4.98 Å². The van der Waals surface area contributed by atoms with E-state index < -0.39 is 0 Å². The van der Waals surface area contributed by atoms with Crippen molar-refractivity contribution in [3.63, 3.8) is 0 Å². The van der Waals surface area contributed by atoms with E-state index in [1.165, 1.54) is 17.8 Å². The molecule has 0 spiro atoms. The zero-order valence-corrected chi connectivity index (χ0v) is 10.4. The van der Waals surface area contributed by atoms with Crippen LogP contribution in [0.4, 0.5) is 0 Å². The van der Waals surface area contributed by atoms with Crippen LogP contribution in [0.25, 0.3) is 0 Å². The van der Waals surface area contributed by atoms with E-state index in [2.05, 4.69) is 40.1 Å². The Hall–Kier alpha value is 0.110. The molecule has 0 N–H and O–H groups in total. The monoisotopic (exact) mass is 259 g/mol. The van der Waals surface area contributed by atoms with Gasteiger partial charge < -0.3 is 0 Å². The van der Waals surface area contributed by atoms with Crippen LogP contribution in [0.3, 0.4) is 0 Å². The van der Waals surface area contributed by atoms with Crippen molar-refractivity contribution in [2.45, 2.75) is 37.9 Å². The lowest BCUT2D eigenvalue weighted by Gasteiger charge is -2.15. The van der Waals surface area contributed by atoms with E-state index in [1.54, 1.807) is 11.3 Å². The fraction of sp³-hybridized carbons (Fsp3) is 0.700. The first-order valence-corrected chi connectivity index (χ1v) is 6.47. The molecular formula is C10H14BrNS. The Balaban J connectivity index is 2.06. The normalized spacial score (nSPS) is 21.5. The molecule has 13 heavy (non-hydrogen) atoms. The third kappa shape index (κ3) is 1.96. The molecule has 0 radical (unpaired) electrons. The van der Waals surface area contributed by atoms with Crippen molar-refractivity contribution < 1.29 is 0 Å². The van der Waals surface area contributed by atoms with Crippen LogP contribution in [0.1, 0.15) is 30.5 Å². The van der Waals surface area contributed by atoms with E-state index in [4.69, 9.17) is 0 Å². The molecule has 0 aliphatic heterocycles. The molecule has 3 heteroatoms. The Bertz CT molecular complexity index is 302. The number of aromatic nitrogens is 1. The van der Waals surface area contributed by atoms with E-state index in [9.17, 15) is 0 Å². The SMILES string of the molecule is Cc1csc(CC2(C(C)Br)CC2)n1. The summed E-state index contributed by atoms with van der Waals surface area (Å²) in [5, 5.41) is 3.45. The van der Waals surface area contributed by atoms with Crippen molar-refractivity contribution >= 4 is 27.3 Å². The van der Waals surface area contributed by atoms with E-state index in [0.717, 1.165) is 12.1 Å². The summed E-state index contributed by atoms with van der Waals surface area (Å²) >= 11 is 5.50. The number of halogens is 1. The maximum Gasteiger partial charge on any atom is 0.0934 e. The standard InChI is InChI=1S/C10H14BrNS/c1-7-6-13-9(12-7)5-10(3-4-10)8(2)11/h6,8H,3-5H2,1-2H3. The Morgan fingerprint density at radius 1 is 1.69 bits per heavy atom. The molecule has 1 fully saturated rings. The first-order valence-electron chi connectivity index (χ1n) is 4.67. The summed E-state index contributed by atoms with van der Waals surface area (Å²) in [6.07, 6.45) is 3.88. The highest BCUT2D eigenvalue weighted by molar-refractivity contribution is 9.09. The van der Waals surface area contributed by atoms with E-state index in [1.807, 2.05) is 0 Å². The zero-order chi connectivity index (χ0) is 9.47. The summed E-state index contributed by atoms with van der Waals surface area (Å²) in [6.45, 7) is 4.32. The summed E-state index contributed by atoms with van der Waals surface area (Å²) in [7, 11) is 0. The van der Waals surface area contributed by atoms with Gasteiger partial charge in [-0.1, -0.05) is 22.9 Å². The number of hydrogen-bond donors (Lipinski definition) is 0. The van der Waals surface area contributed by atoms with Gasteiger partial charge in [0.15, 0.2) is 0 Å². The fourth-order valence-corrected chi connectivity index (χ4v) is 3.21. The van der Waals surface area contributed by atoms with Crippen LogP contribution in [-0.2, 0) is 6.42 Å². The minimum atomic E-state index is 0.532. The van der Waals surface area contributed by atoms with Gasteiger partial charge >= 0.3 is 0 Å².